The van der Waals surface area contributed by atoms with Crippen molar-refractivity contribution in [1.29, 1.82) is 0 Å². The van der Waals surface area contributed by atoms with Crippen LogP contribution in [0.5, 0.6) is 0 Å². The van der Waals surface area contributed by atoms with Gasteiger partial charge in [0.1, 0.15) is 10.8 Å². The minimum absolute atomic E-state index is 0.0712. The molecule has 1 fully saturated rings. The lowest BCUT2D eigenvalue weighted by Crippen LogP contribution is -3.04. The van der Waals surface area contributed by atoms with E-state index in [2.05, 4.69) is 25.5 Å². The number of sulfonamides is 1. The van der Waals surface area contributed by atoms with Gasteiger partial charge in [0.2, 0.25) is 5.91 Å². The first-order chi connectivity index (χ1) is 13.4. The zero-order valence-corrected chi connectivity index (χ0v) is 18.0. The highest BCUT2D eigenvalue weighted by molar-refractivity contribution is 7.91. The quantitative estimate of drug-likeness (QED) is 0.702. The third-order valence-electron chi connectivity index (χ3n) is 4.96. The second-order valence-electron chi connectivity index (χ2n) is 7.50. The van der Waals surface area contributed by atoms with Crippen LogP contribution in [0, 0.1) is 5.92 Å². The highest BCUT2D eigenvalue weighted by Crippen LogP contribution is 2.26. The molecular formula is C20H28N3O3S2+. The van der Waals surface area contributed by atoms with E-state index in [4.69, 9.17) is 0 Å². The van der Waals surface area contributed by atoms with Gasteiger partial charge in [-0.25, -0.2) is 8.42 Å². The average Bonchev–Trinajstić information content (AvgIpc) is 3.22. The molecular weight excluding hydrogens is 394 g/mol. The van der Waals surface area contributed by atoms with E-state index in [9.17, 15) is 13.2 Å². The standard InChI is InChI=1S/C20H27N3O3S2/c1-22(2)14-17-8-4-3-7-16(17)13-21-20(24)18-9-5-11-23(15-18)28(25,26)19-10-6-12-27-19/h3-4,6-8,10,12,18H,5,9,11,13-15H2,1-2H3,(H,21,24)/p+1/t18-/m0/s1. The Hall–Kier alpha value is -1.74. The van der Waals surface area contributed by atoms with E-state index in [-0.39, 0.29) is 18.4 Å². The molecule has 1 amide bonds. The van der Waals surface area contributed by atoms with Crippen molar-refractivity contribution in [1.82, 2.24) is 9.62 Å². The van der Waals surface area contributed by atoms with Crippen LogP contribution in [0.3, 0.4) is 0 Å². The predicted molar refractivity (Wildman–Crippen MR) is 111 cm³/mol. The van der Waals surface area contributed by atoms with E-state index in [0.29, 0.717) is 30.1 Å². The Bertz CT molecular complexity index is 895. The number of quaternary nitrogens is 1. The summed E-state index contributed by atoms with van der Waals surface area (Å²) in [5, 5.41) is 4.78. The van der Waals surface area contributed by atoms with Crippen LogP contribution >= 0.6 is 11.3 Å². The van der Waals surface area contributed by atoms with Crippen LogP contribution in [0.2, 0.25) is 0 Å². The number of hydrogen-bond acceptors (Lipinski definition) is 4. The molecule has 0 saturated carbocycles. The second kappa shape index (κ2) is 9.17. The Labute approximate surface area is 171 Å². The van der Waals surface area contributed by atoms with Gasteiger partial charge in [-0.1, -0.05) is 30.3 Å². The van der Waals surface area contributed by atoms with E-state index < -0.39 is 10.0 Å². The zero-order chi connectivity index (χ0) is 20.1. The lowest BCUT2D eigenvalue weighted by molar-refractivity contribution is -0.872. The maximum Gasteiger partial charge on any atom is 0.252 e. The molecule has 6 nitrogen and oxygen atoms in total. The molecule has 28 heavy (non-hydrogen) atoms. The van der Waals surface area contributed by atoms with Crippen LogP contribution < -0.4 is 10.2 Å². The maximum absolute atomic E-state index is 12.7. The van der Waals surface area contributed by atoms with Gasteiger partial charge in [0, 0.05) is 25.2 Å². The van der Waals surface area contributed by atoms with Crippen molar-refractivity contribution in [2.24, 2.45) is 5.92 Å². The molecule has 1 saturated heterocycles. The Balaban J connectivity index is 1.62. The fraction of sp³-hybridized carbons (Fsp3) is 0.450. The number of piperidine rings is 1. The van der Waals surface area contributed by atoms with Gasteiger partial charge >= 0.3 is 0 Å². The first-order valence-electron chi connectivity index (χ1n) is 9.55. The van der Waals surface area contributed by atoms with Crippen molar-refractivity contribution >= 4 is 27.3 Å². The summed E-state index contributed by atoms with van der Waals surface area (Å²) in [6.45, 7) is 2.08. The number of nitrogens with zero attached hydrogens (tertiary/aromatic N) is 1. The number of carbonyl (C=O) groups excluding carboxylic acids is 1. The fourth-order valence-corrected chi connectivity index (χ4v) is 6.19. The predicted octanol–water partition coefficient (Wildman–Crippen LogP) is 1.11. The van der Waals surface area contributed by atoms with Gasteiger partial charge < -0.3 is 10.2 Å². The summed E-state index contributed by atoms with van der Waals surface area (Å²) in [4.78, 5) is 14.0. The SMILES string of the molecule is C[NH+](C)Cc1ccccc1CNC(=O)[C@H]1CCCN(S(=O)(=O)c2cccs2)C1. The number of carbonyl (C=O) groups is 1. The van der Waals surface area contributed by atoms with Crippen LogP contribution in [-0.4, -0.2) is 45.8 Å². The van der Waals surface area contributed by atoms with Gasteiger partial charge in [0.05, 0.1) is 20.0 Å². The number of benzene rings is 1. The molecule has 3 rings (SSSR count). The highest BCUT2D eigenvalue weighted by Gasteiger charge is 2.33. The van der Waals surface area contributed by atoms with Crippen molar-refractivity contribution in [3.05, 3.63) is 52.9 Å². The van der Waals surface area contributed by atoms with E-state index >= 15 is 0 Å². The van der Waals surface area contributed by atoms with Crippen molar-refractivity contribution < 1.29 is 18.1 Å². The minimum Gasteiger partial charge on any atom is -0.352 e. The van der Waals surface area contributed by atoms with Crippen molar-refractivity contribution in [2.75, 3.05) is 27.2 Å². The topological polar surface area (TPSA) is 70.9 Å². The summed E-state index contributed by atoms with van der Waals surface area (Å²) >= 11 is 1.21. The molecule has 2 N–H and O–H groups in total. The molecule has 1 aliphatic heterocycles. The van der Waals surface area contributed by atoms with Gasteiger partial charge in [0.25, 0.3) is 10.0 Å². The van der Waals surface area contributed by atoms with Gasteiger partial charge in [-0.3, -0.25) is 4.79 Å². The largest absolute Gasteiger partial charge is 0.352 e. The Morgan fingerprint density at radius 2 is 1.96 bits per heavy atom. The first-order valence-corrected chi connectivity index (χ1v) is 11.9. The maximum atomic E-state index is 12.7. The van der Waals surface area contributed by atoms with Gasteiger partial charge in [-0.2, -0.15) is 4.31 Å². The van der Waals surface area contributed by atoms with Crippen LogP contribution in [0.4, 0.5) is 0 Å². The monoisotopic (exact) mass is 422 g/mol. The summed E-state index contributed by atoms with van der Waals surface area (Å²) in [5.41, 5.74) is 2.32. The van der Waals surface area contributed by atoms with Crippen molar-refractivity contribution in [3.8, 4) is 0 Å². The lowest BCUT2D eigenvalue weighted by atomic mass is 9.98. The summed E-state index contributed by atoms with van der Waals surface area (Å²) in [6, 6.07) is 11.5. The smallest absolute Gasteiger partial charge is 0.252 e. The molecule has 0 spiro atoms. The Morgan fingerprint density at radius 3 is 2.64 bits per heavy atom. The summed E-state index contributed by atoms with van der Waals surface area (Å²) in [5.74, 6) is -0.381. The number of thiophene rings is 1. The number of hydrogen-bond donors (Lipinski definition) is 2. The molecule has 0 unspecified atom stereocenters. The number of amides is 1. The summed E-state index contributed by atoms with van der Waals surface area (Å²) in [6.07, 6.45) is 1.41. The molecule has 2 heterocycles. The fourth-order valence-electron chi connectivity index (χ4n) is 3.52. The molecule has 1 aromatic carbocycles. The van der Waals surface area contributed by atoms with Gasteiger partial charge in [0.15, 0.2) is 0 Å². The normalized spacial score (nSPS) is 18.3. The van der Waals surface area contributed by atoms with Crippen LogP contribution in [0.25, 0.3) is 0 Å². The van der Waals surface area contributed by atoms with E-state index in [1.165, 1.54) is 26.1 Å². The molecule has 1 aliphatic rings. The van der Waals surface area contributed by atoms with Crippen LogP contribution in [-0.2, 0) is 27.9 Å². The molecule has 2 aromatic rings. The minimum atomic E-state index is -3.50. The third-order valence-corrected chi connectivity index (χ3v) is 8.20. The number of nitrogens with one attached hydrogen (secondary N) is 2. The summed E-state index contributed by atoms with van der Waals surface area (Å²) in [7, 11) is 0.691. The van der Waals surface area contributed by atoms with Crippen LogP contribution in [0.15, 0.2) is 46.0 Å². The second-order valence-corrected chi connectivity index (χ2v) is 10.6. The molecule has 8 heteroatoms. The molecule has 1 atom stereocenters. The van der Waals surface area contributed by atoms with Gasteiger partial charge in [-0.05, 0) is 29.9 Å². The van der Waals surface area contributed by atoms with Crippen molar-refractivity contribution in [2.45, 2.75) is 30.1 Å². The summed E-state index contributed by atoms with van der Waals surface area (Å²) < 4.78 is 27.3. The molecule has 0 radical (unpaired) electrons. The van der Waals surface area contributed by atoms with Gasteiger partial charge in [-0.15, -0.1) is 11.3 Å². The zero-order valence-electron chi connectivity index (χ0n) is 16.3. The molecule has 0 bridgehead atoms. The highest BCUT2D eigenvalue weighted by atomic mass is 32.2. The Kier molecular flexibility index (Phi) is 6.87. The molecule has 1 aromatic heterocycles. The Morgan fingerprint density at radius 1 is 1.21 bits per heavy atom. The van der Waals surface area contributed by atoms with E-state index in [1.54, 1.807) is 17.5 Å². The molecule has 152 valence electrons. The lowest BCUT2D eigenvalue weighted by Gasteiger charge is -2.30. The third kappa shape index (κ3) is 5.00. The molecule has 0 aliphatic carbocycles. The van der Waals surface area contributed by atoms with Crippen LogP contribution in [0.1, 0.15) is 24.0 Å². The van der Waals surface area contributed by atoms with Crippen molar-refractivity contribution in [3.63, 3.8) is 0 Å². The van der Waals surface area contributed by atoms with E-state index in [0.717, 1.165) is 12.1 Å². The first kappa shape index (κ1) is 21.0. The average molecular weight is 423 g/mol. The van der Waals surface area contributed by atoms with E-state index in [1.807, 2.05) is 18.2 Å². The number of rotatable bonds is 7.